The Kier molecular flexibility index (Phi) is 1.62. The number of carbonyl (C=O) groups excluding carboxylic acids is 1. The zero-order chi connectivity index (χ0) is 7.78. The molecule has 58 valence electrons. The first-order chi connectivity index (χ1) is 4.58. The molecule has 1 amide bonds. The van der Waals surface area contributed by atoms with Crippen LogP contribution in [0.2, 0.25) is 0 Å². The first kappa shape index (κ1) is 7.44. The van der Waals surface area contributed by atoms with Crippen molar-refractivity contribution in [3.05, 3.63) is 0 Å². The Morgan fingerprint density at radius 1 is 1.80 bits per heavy atom. The van der Waals surface area contributed by atoms with Crippen LogP contribution in [0.25, 0.3) is 0 Å². The first-order valence-corrected chi connectivity index (χ1v) is 3.23. The van der Waals surface area contributed by atoms with Crippen LogP contribution in [0, 0.1) is 5.92 Å². The van der Waals surface area contributed by atoms with E-state index in [0.29, 0.717) is 6.54 Å². The van der Waals surface area contributed by atoms with Crippen LogP contribution in [-0.4, -0.2) is 18.4 Å². The van der Waals surface area contributed by atoms with Crippen molar-refractivity contribution in [2.45, 2.75) is 19.3 Å². The molecule has 1 rings (SSSR count). The Hall–Kier alpha value is -0.670. The van der Waals surface area contributed by atoms with E-state index >= 15 is 0 Å². The lowest BCUT2D eigenvalue weighted by atomic mass is 10.4. The van der Waals surface area contributed by atoms with Gasteiger partial charge in [0.05, 0.1) is 0 Å². The molecule has 1 unspecified atom stereocenters. The number of halogens is 2. The van der Waals surface area contributed by atoms with Crippen LogP contribution >= 0.6 is 0 Å². The normalized spacial score (nSPS) is 27.7. The van der Waals surface area contributed by atoms with Crippen LogP contribution < -0.4 is 5.32 Å². The molecule has 4 heteroatoms. The summed E-state index contributed by atoms with van der Waals surface area (Å²) in [6.45, 7) is 2.13. The Labute approximate surface area is 57.6 Å². The van der Waals surface area contributed by atoms with Gasteiger partial charge in [0.2, 0.25) is 5.91 Å². The van der Waals surface area contributed by atoms with Gasteiger partial charge in [-0.05, 0) is 6.92 Å². The highest BCUT2D eigenvalue weighted by molar-refractivity contribution is 5.82. The lowest BCUT2D eigenvalue weighted by molar-refractivity contribution is -0.124. The summed E-state index contributed by atoms with van der Waals surface area (Å²) in [5.74, 6) is -4.29. The van der Waals surface area contributed by atoms with Gasteiger partial charge in [0.15, 0.2) is 0 Å². The van der Waals surface area contributed by atoms with Gasteiger partial charge < -0.3 is 5.32 Å². The molecular weight excluding hydrogens is 140 g/mol. The predicted octanol–water partition coefficient (Wildman–Crippen LogP) is 0.778. The summed E-state index contributed by atoms with van der Waals surface area (Å²) >= 11 is 0. The maximum Gasteiger partial charge on any atom is 0.260 e. The number of hydrogen-bond acceptors (Lipinski definition) is 1. The second-order valence-corrected chi connectivity index (χ2v) is 2.41. The molecule has 1 fully saturated rings. The predicted molar refractivity (Wildman–Crippen MR) is 31.7 cm³/mol. The van der Waals surface area contributed by atoms with Crippen LogP contribution in [0.4, 0.5) is 8.78 Å². The molecule has 0 aromatic heterocycles. The average molecular weight is 149 g/mol. The highest BCUT2D eigenvalue weighted by atomic mass is 19.3. The molecule has 10 heavy (non-hydrogen) atoms. The molecule has 0 saturated heterocycles. The van der Waals surface area contributed by atoms with Crippen LogP contribution in [0.3, 0.4) is 0 Å². The van der Waals surface area contributed by atoms with Gasteiger partial charge in [-0.2, -0.15) is 0 Å². The van der Waals surface area contributed by atoms with Crippen molar-refractivity contribution in [1.82, 2.24) is 5.32 Å². The second kappa shape index (κ2) is 2.18. The van der Waals surface area contributed by atoms with E-state index in [2.05, 4.69) is 5.32 Å². The third-order valence-electron chi connectivity index (χ3n) is 1.49. The quantitative estimate of drug-likeness (QED) is 0.617. The van der Waals surface area contributed by atoms with Crippen molar-refractivity contribution in [2.24, 2.45) is 5.92 Å². The highest BCUT2D eigenvalue weighted by Gasteiger charge is 2.61. The molecule has 0 heterocycles. The molecule has 1 atom stereocenters. The number of hydrogen-bond donors (Lipinski definition) is 1. The van der Waals surface area contributed by atoms with Gasteiger partial charge >= 0.3 is 0 Å². The van der Waals surface area contributed by atoms with Crippen molar-refractivity contribution in [3.8, 4) is 0 Å². The number of nitrogens with one attached hydrogen (secondary N) is 1. The monoisotopic (exact) mass is 149 g/mol. The third-order valence-corrected chi connectivity index (χ3v) is 1.49. The zero-order valence-corrected chi connectivity index (χ0v) is 5.66. The summed E-state index contributed by atoms with van der Waals surface area (Å²) in [7, 11) is 0. The Balaban J connectivity index is 2.33. The topological polar surface area (TPSA) is 29.1 Å². The van der Waals surface area contributed by atoms with Crippen LogP contribution in [-0.2, 0) is 4.79 Å². The minimum atomic E-state index is -2.72. The van der Waals surface area contributed by atoms with E-state index in [0.717, 1.165) is 0 Å². The maximum atomic E-state index is 12.1. The van der Waals surface area contributed by atoms with Crippen molar-refractivity contribution in [3.63, 3.8) is 0 Å². The SMILES string of the molecule is CCNC(=O)C1CC1(F)F. The first-order valence-electron chi connectivity index (χ1n) is 3.23. The van der Waals surface area contributed by atoms with Crippen molar-refractivity contribution in [2.75, 3.05) is 6.54 Å². The summed E-state index contributed by atoms with van der Waals surface area (Å²) in [4.78, 5) is 10.6. The largest absolute Gasteiger partial charge is 0.356 e. The van der Waals surface area contributed by atoms with Crippen molar-refractivity contribution >= 4 is 5.91 Å². The number of alkyl halides is 2. The Bertz CT molecular complexity index is 158. The van der Waals surface area contributed by atoms with Gasteiger partial charge in [-0.25, -0.2) is 8.78 Å². The molecule has 0 radical (unpaired) electrons. The van der Waals surface area contributed by atoms with E-state index < -0.39 is 17.7 Å². The lowest BCUT2D eigenvalue weighted by Gasteiger charge is -1.98. The van der Waals surface area contributed by atoms with Gasteiger partial charge in [-0.3, -0.25) is 4.79 Å². The fraction of sp³-hybridized carbons (Fsp3) is 0.833. The van der Waals surface area contributed by atoms with Crippen molar-refractivity contribution < 1.29 is 13.6 Å². The summed E-state index contributed by atoms with van der Waals surface area (Å²) in [5, 5.41) is 2.34. The van der Waals surface area contributed by atoms with Gasteiger partial charge in [-0.1, -0.05) is 0 Å². The molecule has 0 aromatic rings. The maximum absolute atomic E-state index is 12.1. The molecular formula is C6H9F2NO. The van der Waals surface area contributed by atoms with E-state index in [1.165, 1.54) is 0 Å². The molecule has 1 aliphatic carbocycles. The molecule has 1 N–H and O–H groups in total. The second-order valence-electron chi connectivity index (χ2n) is 2.41. The van der Waals surface area contributed by atoms with E-state index in [1.807, 2.05) is 0 Å². The van der Waals surface area contributed by atoms with Gasteiger partial charge in [0, 0.05) is 13.0 Å². The molecule has 0 aromatic carbocycles. The minimum Gasteiger partial charge on any atom is -0.356 e. The van der Waals surface area contributed by atoms with Crippen molar-refractivity contribution in [1.29, 1.82) is 0 Å². The minimum absolute atomic E-state index is 0.279. The van der Waals surface area contributed by atoms with Gasteiger partial charge in [0.1, 0.15) is 5.92 Å². The van der Waals surface area contributed by atoms with E-state index in [4.69, 9.17) is 0 Å². The molecule has 2 nitrogen and oxygen atoms in total. The van der Waals surface area contributed by atoms with E-state index in [-0.39, 0.29) is 6.42 Å². The number of carbonyl (C=O) groups is 1. The highest BCUT2D eigenvalue weighted by Crippen LogP contribution is 2.48. The smallest absolute Gasteiger partial charge is 0.260 e. The lowest BCUT2D eigenvalue weighted by Crippen LogP contribution is -2.26. The molecule has 0 bridgehead atoms. The zero-order valence-electron chi connectivity index (χ0n) is 5.66. The molecule has 0 spiro atoms. The molecule has 1 aliphatic rings. The van der Waals surface area contributed by atoms with E-state index in [9.17, 15) is 13.6 Å². The summed E-state index contributed by atoms with van der Waals surface area (Å²) < 4.78 is 24.2. The molecule has 0 aliphatic heterocycles. The molecule has 1 saturated carbocycles. The van der Waals surface area contributed by atoms with Gasteiger partial charge in [-0.15, -0.1) is 0 Å². The average Bonchev–Trinajstić information content (AvgIpc) is 2.41. The number of amides is 1. The fourth-order valence-electron chi connectivity index (χ4n) is 0.795. The van der Waals surface area contributed by atoms with Crippen LogP contribution in [0.5, 0.6) is 0 Å². The third kappa shape index (κ3) is 1.25. The van der Waals surface area contributed by atoms with Crippen LogP contribution in [0.15, 0.2) is 0 Å². The Morgan fingerprint density at radius 2 is 2.30 bits per heavy atom. The Morgan fingerprint density at radius 3 is 2.60 bits per heavy atom. The van der Waals surface area contributed by atoms with E-state index in [1.54, 1.807) is 6.92 Å². The number of rotatable bonds is 2. The fourth-order valence-corrected chi connectivity index (χ4v) is 0.795. The standard InChI is InChI=1S/C6H9F2NO/c1-2-9-5(10)4-3-6(4,7)8/h4H,2-3H2,1H3,(H,9,10). The summed E-state index contributed by atoms with van der Waals surface area (Å²) in [6.07, 6.45) is -0.279. The van der Waals surface area contributed by atoms with Gasteiger partial charge in [0.25, 0.3) is 5.92 Å². The summed E-state index contributed by atoms with van der Waals surface area (Å²) in [6, 6.07) is 0. The summed E-state index contributed by atoms with van der Waals surface area (Å²) in [5.41, 5.74) is 0. The van der Waals surface area contributed by atoms with Crippen LogP contribution in [0.1, 0.15) is 13.3 Å².